The van der Waals surface area contributed by atoms with Gasteiger partial charge in [-0.2, -0.15) is 8.78 Å². The molecule has 1 aromatic carbocycles. The molecule has 0 unspecified atom stereocenters. The van der Waals surface area contributed by atoms with Crippen molar-refractivity contribution in [3.8, 4) is 5.75 Å². The smallest absolute Gasteiger partial charge is 0.387 e. The average molecular weight is 379 g/mol. The molecule has 2 rings (SSSR count). The number of carbonyl (C=O) groups is 1. The van der Waals surface area contributed by atoms with Gasteiger partial charge in [0.1, 0.15) is 5.75 Å². The minimum atomic E-state index is -2.90. The van der Waals surface area contributed by atoms with Crippen molar-refractivity contribution in [1.29, 1.82) is 0 Å². The van der Waals surface area contributed by atoms with Crippen molar-refractivity contribution in [3.05, 3.63) is 29.3 Å². The van der Waals surface area contributed by atoms with Crippen LogP contribution in [0.2, 0.25) is 0 Å². The van der Waals surface area contributed by atoms with E-state index in [1.54, 1.807) is 19.2 Å². The van der Waals surface area contributed by atoms with E-state index in [4.69, 9.17) is 4.74 Å². The molecule has 1 aliphatic heterocycles. The van der Waals surface area contributed by atoms with Crippen molar-refractivity contribution in [2.24, 2.45) is 5.41 Å². The number of nitrogens with one attached hydrogen (secondary N) is 2. The van der Waals surface area contributed by atoms with Gasteiger partial charge in [-0.05, 0) is 38.9 Å². The van der Waals surface area contributed by atoms with Gasteiger partial charge >= 0.3 is 6.61 Å². The van der Waals surface area contributed by atoms with Gasteiger partial charge in [0.25, 0.3) is 0 Å². The fourth-order valence-electron chi connectivity index (χ4n) is 3.04. The molecule has 0 radical (unpaired) electrons. The summed E-state index contributed by atoms with van der Waals surface area (Å²) in [5.41, 5.74) is 0.868. The molecule has 1 saturated heterocycles. The van der Waals surface area contributed by atoms with Gasteiger partial charge in [0.2, 0.25) is 5.91 Å². The van der Waals surface area contributed by atoms with Crippen LogP contribution in [0.4, 0.5) is 8.78 Å². The van der Waals surface area contributed by atoms with Crippen LogP contribution in [0.15, 0.2) is 18.2 Å². The largest absolute Gasteiger partial charge is 0.434 e. The van der Waals surface area contributed by atoms with Gasteiger partial charge in [0.15, 0.2) is 0 Å². The number of methoxy groups -OCH3 is 1. The van der Waals surface area contributed by atoms with E-state index in [1.165, 1.54) is 6.07 Å². The van der Waals surface area contributed by atoms with Crippen molar-refractivity contribution < 1.29 is 23.0 Å². The maximum absolute atomic E-state index is 12.7. The lowest BCUT2D eigenvalue weighted by Gasteiger charge is -2.35. The van der Waals surface area contributed by atoms with Crippen LogP contribution in [-0.2, 0) is 16.1 Å². The Morgan fingerprint density at radius 2 is 2.04 bits per heavy atom. The quantitative estimate of drug-likeness (QED) is 0.765. The fraction of sp³-hybridized carbons (Fsp3) is 0.588. The highest BCUT2D eigenvalue weighted by atomic mass is 35.5. The highest BCUT2D eigenvalue weighted by Crippen LogP contribution is 2.30. The molecule has 0 saturated carbocycles. The van der Waals surface area contributed by atoms with Crippen LogP contribution in [0.3, 0.4) is 0 Å². The van der Waals surface area contributed by atoms with Crippen molar-refractivity contribution in [3.63, 3.8) is 0 Å². The predicted octanol–water partition coefficient (Wildman–Crippen LogP) is 2.65. The molecule has 1 aromatic rings. The second-order valence-corrected chi connectivity index (χ2v) is 6.14. The van der Waals surface area contributed by atoms with E-state index in [9.17, 15) is 13.6 Å². The first kappa shape index (κ1) is 21.6. The highest BCUT2D eigenvalue weighted by Gasteiger charge is 2.39. The normalized spacial score (nSPS) is 16.2. The highest BCUT2D eigenvalue weighted by molar-refractivity contribution is 5.85. The molecule has 1 fully saturated rings. The van der Waals surface area contributed by atoms with Gasteiger partial charge in [0, 0.05) is 19.2 Å². The number of alkyl halides is 2. The zero-order valence-corrected chi connectivity index (χ0v) is 15.3. The molecule has 142 valence electrons. The Labute approximate surface area is 152 Å². The third kappa shape index (κ3) is 5.80. The second kappa shape index (κ2) is 9.89. The Kier molecular flexibility index (Phi) is 8.55. The van der Waals surface area contributed by atoms with Gasteiger partial charge in [0.05, 0.1) is 12.0 Å². The SMILES string of the molecule is COCC1(C(=O)NCc2cc(C)ccc2OC(F)F)CCNCC1.Cl. The molecule has 0 atom stereocenters. The van der Waals surface area contributed by atoms with E-state index >= 15 is 0 Å². The third-order valence-electron chi connectivity index (χ3n) is 4.33. The van der Waals surface area contributed by atoms with E-state index in [1.807, 2.05) is 6.92 Å². The molecule has 1 aliphatic rings. The third-order valence-corrected chi connectivity index (χ3v) is 4.33. The minimum absolute atomic E-state index is 0. The number of amides is 1. The van der Waals surface area contributed by atoms with Crippen LogP contribution in [0.1, 0.15) is 24.0 Å². The molecule has 25 heavy (non-hydrogen) atoms. The number of carbonyl (C=O) groups excluding carboxylic acids is 1. The molecule has 0 aromatic heterocycles. The number of ether oxygens (including phenoxy) is 2. The zero-order valence-electron chi connectivity index (χ0n) is 14.4. The molecule has 0 spiro atoms. The minimum Gasteiger partial charge on any atom is -0.434 e. The number of benzene rings is 1. The number of halogens is 3. The molecule has 0 bridgehead atoms. The topological polar surface area (TPSA) is 59.6 Å². The van der Waals surface area contributed by atoms with E-state index in [0.29, 0.717) is 25.0 Å². The predicted molar refractivity (Wildman–Crippen MR) is 93.3 cm³/mol. The monoisotopic (exact) mass is 378 g/mol. The maximum Gasteiger partial charge on any atom is 0.387 e. The molecule has 8 heteroatoms. The number of aryl methyl sites for hydroxylation is 1. The van der Waals surface area contributed by atoms with Crippen molar-refractivity contribution in [1.82, 2.24) is 10.6 Å². The lowest BCUT2D eigenvalue weighted by molar-refractivity contribution is -0.136. The second-order valence-electron chi connectivity index (χ2n) is 6.14. The molecule has 1 heterocycles. The van der Waals surface area contributed by atoms with Crippen LogP contribution in [0.25, 0.3) is 0 Å². The fourth-order valence-corrected chi connectivity index (χ4v) is 3.04. The van der Waals surface area contributed by atoms with Crippen LogP contribution in [-0.4, -0.2) is 39.3 Å². The van der Waals surface area contributed by atoms with Crippen LogP contribution in [0, 0.1) is 12.3 Å². The number of hydrogen-bond donors (Lipinski definition) is 2. The molecule has 0 aliphatic carbocycles. The Morgan fingerprint density at radius 3 is 2.64 bits per heavy atom. The number of hydrogen-bond acceptors (Lipinski definition) is 4. The first-order chi connectivity index (χ1) is 11.5. The Morgan fingerprint density at radius 1 is 1.36 bits per heavy atom. The van der Waals surface area contributed by atoms with Gasteiger partial charge < -0.3 is 20.1 Å². The van der Waals surface area contributed by atoms with Gasteiger partial charge in [-0.25, -0.2) is 0 Å². The van der Waals surface area contributed by atoms with Crippen LogP contribution >= 0.6 is 12.4 Å². The number of rotatable bonds is 7. The van der Waals surface area contributed by atoms with Crippen LogP contribution < -0.4 is 15.4 Å². The summed E-state index contributed by atoms with van der Waals surface area (Å²) in [6, 6.07) is 4.93. The summed E-state index contributed by atoms with van der Waals surface area (Å²) in [6.07, 6.45) is 1.36. The molecule has 1 amide bonds. The summed E-state index contributed by atoms with van der Waals surface area (Å²) in [5.74, 6) is -0.0302. The maximum atomic E-state index is 12.7. The van der Waals surface area contributed by atoms with E-state index in [2.05, 4.69) is 15.4 Å². The van der Waals surface area contributed by atoms with Crippen molar-refractivity contribution in [2.45, 2.75) is 32.9 Å². The summed E-state index contributed by atoms with van der Waals surface area (Å²) in [4.78, 5) is 12.7. The van der Waals surface area contributed by atoms with E-state index in [-0.39, 0.29) is 30.6 Å². The Hall–Kier alpha value is -1.44. The first-order valence-corrected chi connectivity index (χ1v) is 7.99. The first-order valence-electron chi connectivity index (χ1n) is 7.99. The summed E-state index contributed by atoms with van der Waals surface area (Å²) < 4.78 is 34.8. The lowest BCUT2D eigenvalue weighted by atomic mass is 9.78. The summed E-state index contributed by atoms with van der Waals surface area (Å²) in [5, 5.41) is 6.09. The van der Waals surface area contributed by atoms with E-state index in [0.717, 1.165) is 18.7 Å². The number of piperidine rings is 1. The van der Waals surface area contributed by atoms with Crippen molar-refractivity contribution >= 4 is 18.3 Å². The van der Waals surface area contributed by atoms with Gasteiger partial charge in [-0.3, -0.25) is 4.79 Å². The average Bonchev–Trinajstić information content (AvgIpc) is 2.55. The van der Waals surface area contributed by atoms with Crippen molar-refractivity contribution in [2.75, 3.05) is 26.8 Å². The summed E-state index contributed by atoms with van der Waals surface area (Å²) in [7, 11) is 1.58. The van der Waals surface area contributed by atoms with Gasteiger partial charge in [-0.1, -0.05) is 17.7 Å². The molecular weight excluding hydrogens is 354 g/mol. The zero-order chi connectivity index (χ0) is 17.6. The Balaban J connectivity index is 0.00000312. The van der Waals surface area contributed by atoms with Gasteiger partial charge in [-0.15, -0.1) is 12.4 Å². The molecule has 5 nitrogen and oxygen atoms in total. The van der Waals surface area contributed by atoms with E-state index < -0.39 is 12.0 Å². The lowest BCUT2D eigenvalue weighted by Crippen LogP contribution is -2.50. The molecule has 2 N–H and O–H groups in total. The van der Waals surface area contributed by atoms with Crippen LogP contribution in [0.5, 0.6) is 5.75 Å². The summed E-state index contributed by atoms with van der Waals surface area (Å²) >= 11 is 0. The Bertz CT molecular complexity index is 561. The summed E-state index contributed by atoms with van der Waals surface area (Å²) in [6.45, 7) is 0.945. The standard InChI is InChI=1S/C17H24F2N2O3.ClH/c1-12-3-4-14(24-16(18)19)13(9-12)10-21-15(22)17(11-23-2)5-7-20-8-6-17;/h3-4,9,16,20H,5-8,10-11H2,1-2H3,(H,21,22);1H. The molecular formula is C17H25ClF2N2O3.